The molecule has 0 aliphatic carbocycles. The average Bonchev–Trinajstić information content (AvgIpc) is 2.62. The van der Waals surface area contributed by atoms with Crippen LogP contribution >= 0.6 is 12.2 Å². The monoisotopic (exact) mass is 219 g/mol. The Labute approximate surface area is 91.8 Å². The van der Waals surface area contributed by atoms with Crippen LogP contribution in [0.5, 0.6) is 0 Å². The van der Waals surface area contributed by atoms with Gasteiger partial charge in [-0.2, -0.15) is 5.10 Å². The van der Waals surface area contributed by atoms with Gasteiger partial charge in [0.1, 0.15) is 11.8 Å². The van der Waals surface area contributed by atoms with Gasteiger partial charge in [0.15, 0.2) is 5.11 Å². The first kappa shape index (κ1) is 9.67. The lowest BCUT2D eigenvalue weighted by Gasteiger charge is -1.92. The van der Waals surface area contributed by atoms with Crippen molar-refractivity contribution in [3.63, 3.8) is 0 Å². The van der Waals surface area contributed by atoms with Gasteiger partial charge in [0.2, 0.25) is 0 Å². The van der Waals surface area contributed by atoms with Crippen molar-refractivity contribution >= 4 is 34.5 Å². The van der Waals surface area contributed by atoms with E-state index in [4.69, 9.17) is 10.2 Å². The molecule has 0 amide bonds. The van der Waals surface area contributed by atoms with E-state index in [1.54, 1.807) is 12.5 Å². The summed E-state index contributed by atoms with van der Waals surface area (Å²) in [7, 11) is 0. The van der Waals surface area contributed by atoms with Gasteiger partial charge < -0.3 is 10.2 Å². The highest BCUT2D eigenvalue weighted by Crippen LogP contribution is 2.18. The molecule has 4 nitrogen and oxygen atoms in total. The molecule has 2 aromatic rings. The van der Waals surface area contributed by atoms with E-state index < -0.39 is 0 Å². The Kier molecular flexibility index (Phi) is 2.64. The lowest BCUT2D eigenvalue weighted by Crippen LogP contribution is -2.23. The van der Waals surface area contributed by atoms with Gasteiger partial charge in [0, 0.05) is 10.9 Å². The fourth-order valence-corrected chi connectivity index (χ4v) is 1.32. The number of hydrogen-bond donors (Lipinski definition) is 2. The van der Waals surface area contributed by atoms with Gasteiger partial charge in [-0.15, -0.1) is 0 Å². The summed E-state index contributed by atoms with van der Waals surface area (Å²) in [6.07, 6.45) is 3.25. The topological polar surface area (TPSA) is 63.5 Å². The second kappa shape index (κ2) is 4.10. The maximum atomic E-state index is 5.32. The first-order valence-corrected chi connectivity index (χ1v) is 4.73. The van der Waals surface area contributed by atoms with Crippen molar-refractivity contribution in [1.82, 2.24) is 5.43 Å². The largest absolute Gasteiger partial charge is 0.464 e. The lowest BCUT2D eigenvalue weighted by molar-refractivity contribution is 0.615. The van der Waals surface area contributed by atoms with Crippen molar-refractivity contribution < 1.29 is 4.42 Å². The number of nitrogens with two attached hydrogens (primary N) is 1. The molecule has 0 bridgehead atoms. The first-order valence-electron chi connectivity index (χ1n) is 4.32. The minimum Gasteiger partial charge on any atom is -0.464 e. The highest BCUT2D eigenvalue weighted by atomic mass is 32.1. The molecular weight excluding hydrogens is 210 g/mol. The molecule has 2 rings (SSSR count). The standard InChI is InChI=1S/C10H9N3OS/c11-10(15)13-12-5-7-6-14-9-4-2-1-3-8(7)9/h1-6H,(H3,11,13,15)/b12-5+. The molecule has 15 heavy (non-hydrogen) atoms. The molecule has 0 radical (unpaired) electrons. The molecule has 1 aromatic heterocycles. The van der Waals surface area contributed by atoms with Gasteiger partial charge in [0.05, 0.1) is 6.21 Å². The van der Waals surface area contributed by atoms with Crippen LogP contribution in [0.15, 0.2) is 40.0 Å². The Morgan fingerprint density at radius 1 is 1.47 bits per heavy atom. The van der Waals surface area contributed by atoms with Crippen molar-refractivity contribution in [3.05, 3.63) is 36.1 Å². The van der Waals surface area contributed by atoms with E-state index in [2.05, 4.69) is 22.7 Å². The average molecular weight is 219 g/mol. The Morgan fingerprint density at radius 3 is 3.07 bits per heavy atom. The maximum absolute atomic E-state index is 5.32. The number of hydrazone groups is 1. The van der Waals surface area contributed by atoms with Crippen LogP contribution < -0.4 is 11.2 Å². The van der Waals surface area contributed by atoms with Gasteiger partial charge in [-0.25, -0.2) is 0 Å². The number of rotatable bonds is 2. The number of thiocarbonyl (C=S) groups is 1. The molecule has 0 saturated carbocycles. The normalized spacial score (nSPS) is 10.9. The number of nitrogens with one attached hydrogen (secondary N) is 1. The molecule has 0 fully saturated rings. The summed E-state index contributed by atoms with van der Waals surface area (Å²) in [5.41, 5.74) is 9.42. The smallest absolute Gasteiger partial charge is 0.184 e. The van der Waals surface area contributed by atoms with Crippen LogP contribution in [0.2, 0.25) is 0 Å². The summed E-state index contributed by atoms with van der Waals surface area (Å²) in [6, 6.07) is 7.71. The molecule has 0 unspecified atom stereocenters. The summed E-state index contributed by atoms with van der Waals surface area (Å²) >= 11 is 4.62. The third-order valence-corrected chi connectivity index (χ3v) is 1.98. The molecular formula is C10H9N3OS. The molecule has 0 spiro atoms. The number of furan rings is 1. The maximum Gasteiger partial charge on any atom is 0.184 e. The molecule has 0 atom stereocenters. The van der Waals surface area contributed by atoms with Crippen LogP contribution in [-0.2, 0) is 0 Å². The quantitative estimate of drug-likeness (QED) is 0.457. The SMILES string of the molecule is NC(=S)N/N=C/c1coc2ccccc12. The van der Waals surface area contributed by atoms with Gasteiger partial charge >= 0.3 is 0 Å². The molecule has 3 N–H and O–H groups in total. The summed E-state index contributed by atoms with van der Waals surface area (Å²) < 4.78 is 5.32. The number of nitrogens with zero attached hydrogens (tertiary/aromatic N) is 1. The van der Waals surface area contributed by atoms with Crippen LogP contribution in [0.25, 0.3) is 11.0 Å². The highest BCUT2D eigenvalue weighted by molar-refractivity contribution is 7.80. The third-order valence-electron chi connectivity index (χ3n) is 1.89. The first-order chi connectivity index (χ1) is 7.27. The van der Waals surface area contributed by atoms with Gasteiger partial charge in [0.25, 0.3) is 0 Å². The second-order valence-corrected chi connectivity index (χ2v) is 3.36. The molecule has 76 valence electrons. The van der Waals surface area contributed by atoms with E-state index >= 15 is 0 Å². The van der Waals surface area contributed by atoms with Gasteiger partial charge in [-0.05, 0) is 18.3 Å². The van der Waals surface area contributed by atoms with Crippen molar-refractivity contribution in [2.75, 3.05) is 0 Å². The summed E-state index contributed by atoms with van der Waals surface area (Å²) in [6.45, 7) is 0. The van der Waals surface area contributed by atoms with Crippen LogP contribution in [0, 0.1) is 0 Å². The fraction of sp³-hybridized carbons (Fsp3) is 0. The van der Waals surface area contributed by atoms with E-state index in [0.717, 1.165) is 16.5 Å². The lowest BCUT2D eigenvalue weighted by atomic mass is 10.2. The Morgan fingerprint density at radius 2 is 2.27 bits per heavy atom. The molecule has 0 aliphatic heterocycles. The Hall–Kier alpha value is -1.88. The molecule has 5 heteroatoms. The molecule has 1 aromatic carbocycles. The van der Waals surface area contributed by atoms with E-state index in [1.165, 1.54) is 0 Å². The van der Waals surface area contributed by atoms with Crippen LogP contribution in [-0.4, -0.2) is 11.3 Å². The Bertz CT molecular complexity index is 518. The minimum atomic E-state index is 0.138. The zero-order valence-electron chi connectivity index (χ0n) is 7.81. The number of hydrogen-bond acceptors (Lipinski definition) is 3. The minimum absolute atomic E-state index is 0.138. The molecule has 1 heterocycles. The summed E-state index contributed by atoms with van der Waals surface area (Å²) in [5, 5.41) is 5.01. The second-order valence-electron chi connectivity index (χ2n) is 2.92. The van der Waals surface area contributed by atoms with Crippen molar-refractivity contribution in [3.8, 4) is 0 Å². The van der Waals surface area contributed by atoms with Crippen LogP contribution in [0.1, 0.15) is 5.56 Å². The van der Waals surface area contributed by atoms with Crippen LogP contribution in [0.3, 0.4) is 0 Å². The van der Waals surface area contributed by atoms with Gasteiger partial charge in [-0.1, -0.05) is 18.2 Å². The number of fused-ring (bicyclic) bond motifs is 1. The third kappa shape index (κ3) is 2.13. The van der Waals surface area contributed by atoms with Crippen molar-refractivity contribution in [2.24, 2.45) is 10.8 Å². The summed E-state index contributed by atoms with van der Waals surface area (Å²) in [4.78, 5) is 0. The van der Waals surface area contributed by atoms with Crippen LogP contribution in [0.4, 0.5) is 0 Å². The van der Waals surface area contributed by atoms with Crippen molar-refractivity contribution in [1.29, 1.82) is 0 Å². The predicted octanol–water partition coefficient (Wildman–Crippen LogP) is 1.60. The van der Waals surface area contributed by atoms with E-state index in [9.17, 15) is 0 Å². The predicted molar refractivity (Wildman–Crippen MR) is 63.7 cm³/mol. The van der Waals surface area contributed by atoms with Crippen molar-refractivity contribution in [2.45, 2.75) is 0 Å². The van der Waals surface area contributed by atoms with E-state index in [0.29, 0.717) is 0 Å². The molecule has 0 saturated heterocycles. The highest BCUT2D eigenvalue weighted by Gasteiger charge is 2.01. The zero-order chi connectivity index (χ0) is 10.7. The molecule has 0 aliphatic rings. The van der Waals surface area contributed by atoms with E-state index in [1.807, 2.05) is 24.3 Å². The fourth-order valence-electron chi connectivity index (χ4n) is 1.26. The Balaban J connectivity index is 2.28. The number of benzene rings is 1. The van der Waals surface area contributed by atoms with Gasteiger partial charge in [-0.3, -0.25) is 5.43 Å². The zero-order valence-corrected chi connectivity index (χ0v) is 8.62. The van der Waals surface area contributed by atoms with E-state index in [-0.39, 0.29) is 5.11 Å². The summed E-state index contributed by atoms with van der Waals surface area (Å²) in [5.74, 6) is 0. The number of para-hydroxylation sites is 1.